The van der Waals surface area contributed by atoms with E-state index in [-0.39, 0.29) is 6.10 Å². The van der Waals surface area contributed by atoms with E-state index in [1.54, 1.807) is 0 Å². The Hall–Kier alpha value is -2.57. The first kappa shape index (κ1) is 23.1. The molecule has 0 fully saturated rings. The average molecular weight is 427 g/mol. The van der Waals surface area contributed by atoms with Gasteiger partial charge in [0, 0.05) is 38.0 Å². The van der Waals surface area contributed by atoms with Gasteiger partial charge in [-0.05, 0) is 51.7 Å². The minimum atomic E-state index is 0.189. The van der Waals surface area contributed by atoms with Crippen molar-refractivity contribution < 1.29 is 4.74 Å². The van der Waals surface area contributed by atoms with E-state index in [0.717, 1.165) is 67.8 Å². The van der Waals surface area contributed by atoms with E-state index in [9.17, 15) is 0 Å². The molecule has 0 aliphatic carbocycles. The summed E-state index contributed by atoms with van der Waals surface area (Å²) in [5.41, 5.74) is 2.30. The summed E-state index contributed by atoms with van der Waals surface area (Å²) in [4.78, 5) is 4.80. The van der Waals surface area contributed by atoms with E-state index in [0.29, 0.717) is 6.54 Å². The summed E-state index contributed by atoms with van der Waals surface area (Å²) >= 11 is 0. The van der Waals surface area contributed by atoms with E-state index in [4.69, 9.17) is 9.73 Å². The van der Waals surface area contributed by atoms with Crippen molar-refractivity contribution in [1.82, 2.24) is 25.4 Å². The van der Waals surface area contributed by atoms with E-state index in [1.807, 2.05) is 0 Å². The molecule has 2 heterocycles. The van der Waals surface area contributed by atoms with Gasteiger partial charge in [0.25, 0.3) is 0 Å². The minimum Gasteiger partial charge on any atom is -0.490 e. The van der Waals surface area contributed by atoms with Crippen LogP contribution in [0.1, 0.15) is 69.2 Å². The first-order valence-corrected chi connectivity index (χ1v) is 11.8. The first-order valence-electron chi connectivity index (χ1n) is 11.8. The van der Waals surface area contributed by atoms with Crippen molar-refractivity contribution in [2.75, 3.05) is 13.1 Å². The highest BCUT2D eigenvalue weighted by atomic mass is 16.5. The number of guanidine groups is 1. The van der Waals surface area contributed by atoms with E-state index < -0.39 is 0 Å². The van der Waals surface area contributed by atoms with Crippen LogP contribution in [0.2, 0.25) is 0 Å². The Bertz CT molecular complexity index is 860. The molecule has 0 saturated heterocycles. The number of aliphatic imine (C=N–C) groups is 1. The lowest BCUT2D eigenvalue weighted by molar-refractivity contribution is 0.215. The Morgan fingerprint density at radius 1 is 1.19 bits per heavy atom. The molecule has 7 heteroatoms. The SMILES string of the molecule is CCNC(=NCc1ccc(C)cc1OC(C)CC)NCCc1nnc2n1CCCCC2. The highest BCUT2D eigenvalue weighted by molar-refractivity contribution is 5.79. The Morgan fingerprint density at radius 3 is 2.87 bits per heavy atom. The van der Waals surface area contributed by atoms with Crippen LogP contribution in [0.5, 0.6) is 5.75 Å². The summed E-state index contributed by atoms with van der Waals surface area (Å²) in [6.45, 7) is 11.6. The van der Waals surface area contributed by atoms with E-state index in [2.05, 4.69) is 71.3 Å². The zero-order valence-electron chi connectivity index (χ0n) is 19.6. The maximum atomic E-state index is 6.13. The molecule has 3 rings (SSSR count). The van der Waals surface area contributed by atoms with Crippen LogP contribution in [0, 0.1) is 6.92 Å². The lowest BCUT2D eigenvalue weighted by Crippen LogP contribution is -2.38. The summed E-state index contributed by atoms with van der Waals surface area (Å²) in [7, 11) is 0. The van der Waals surface area contributed by atoms with Crippen LogP contribution in [0.3, 0.4) is 0 Å². The molecule has 0 spiro atoms. The molecule has 0 saturated carbocycles. The van der Waals surface area contributed by atoms with Crippen LogP contribution in [0.4, 0.5) is 0 Å². The van der Waals surface area contributed by atoms with Crippen LogP contribution in [-0.2, 0) is 25.9 Å². The third-order valence-corrected chi connectivity index (χ3v) is 5.70. The maximum Gasteiger partial charge on any atom is 0.191 e. The predicted molar refractivity (Wildman–Crippen MR) is 126 cm³/mol. The number of aromatic nitrogens is 3. The van der Waals surface area contributed by atoms with Gasteiger partial charge >= 0.3 is 0 Å². The topological polar surface area (TPSA) is 76.4 Å². The van der Waals surface area contributed by atoms with Crippen LogP contribution >= 0.6 is 0 Å². The minimum absolute atomic E-state index is 0.189. The number of nitrogens with zero attached hydrogens (tertiary/aromatic N) is 4. The smallest absolute Gasteiger partial charge is 0.191 e. The van der Waals surface area contributed by atoms with Crippen LogP contribution in [-0.4, -0.2) is 39.9 Å². The van der Waals surface area contributed by atoms with Gasteiger partial charge in [-0.1, -0.05) is 25.5 Å². The molecule has 0 bridgehead atoms. The second-order valence-electron chi connectivity index (χ2n) is 8.31. The molecule has 2 N–H and O–H groups in total. The fourth-order valence-electron chi connectivity index (χ4n) is 3.73. The summed E-state index contributed by atoms with van der Waals surface area (Å²) in [5, 5.41) is 15.6. The Morgan fingerprint density at radius 2 is 2.06 bits per heavy atom. The lowest BCUT2D eigenvalue weighted by atomic mass is 10.1. The summed E-state index contributed by atoms with van der Waals surface area (Å²) in [6.07, 6.45) is 6.76. The highest BCUT2D eigenvalue weighted by Crippen LogP contribution is 2.23. The maximum absolute atomic E-state index is 6.13. The molecule has 31 heavy (non-hydrogen) atoms. The number of hydrogen-bond acceptors (Lipinski definition) is 4. The highest BCUT2D eigenvalue weighted by Gasteiger charge is 2.14. The van der Waals surface area contributed by atoms with Crippen molar-refractivity contribution in [2.45, 2.75) is 85.4 Å². The van der Waals surface area contributed by atoms with Gasteiger partial charge in [0.05, 0.1) is 12.6 Å². The predicted octanol–water partition coefficient (Wildman–Crippen LogP) is 3.79. The monoisotopic (exact) mass is 426 g/mol. The van der Waals surface area contributed by atoms with Gasteiger partial charge < -0.3 is 19.9 Å². The molecule has 7 nitrogen and oxygen atoms in total. The Kier molecular flexibility index (Phi) is 8.74. The molecule has 1 aromatic carbocycles. The van der Waals surface area contributed by atoms with Gasteiger partial charge in [0.2, 0.25) is 0 Å². The number of rotatable bonds is 9. The molecule has 2 aromatic rings. The molecule has 1 aromatic heterocycles. The largest absolute Gasteiger partial charge is 0.490 e. The van der Waals surface area contributed by atoms with Crippen molar-refractivity contribution in [3.05, 3.63) is 41.0 Å². The van der Waals surface area contributed by atoms with Crippen molar-refractivity contribution >= 4 is 5.96 Å². The number of nitrogens with one attached hydrogen (secondary N) is 2. The van der Waals surface area contributed by atoms with Gasteiger partial charge in [0.1, 0.15) is 17.4 Å². The number of fused-ring (bicyclic) bond motifs is 1. The number of benzene rings is 1. The van der Waals surface area contributed by atoms with Gasteiger partial charge in [-0.2, -0.15) is 0 Å². The normalized spacial score (nSPS) is 15.2. The molecular weight excluding hydrogens is 388 g/mol. The lowest BCUT2D eigenvalue weighted by Gasteiger charge is -2.17. The summed E-state index contributed by atoms with van der Waals surface area (Å²) in [6, 6.07) is 6.34. The fourth-order valence-corrected chi connectivity index (χ4v) is 3.73. The second kappa shape index (κ2) is 11.7. The number of ether oxygens (including phenoxy) is 1. The third-order valence-electron chi connectivity index (χ3n) is 5.70. The summed E-state index contributed by atoms with van der Waals surface area (Å²) < 4.78 is 8.44. The molecule has 1 aliphatic heterocycles. The van der Waals surface area contributed by atoms with E-state index >= 15 is 0 Å². The van der Waals surface area contributed by atoms with E-state index in [1.165, 1.54) is 24.8 Å². The number of aryl methyl sites for hydroxylation is 2. The zero-order valence-corrected chi connectivity index (χ0v) is 19.6. The van der Waals surface area contributed by atoms with Gasteiger partial charge in [0.15, 0.2) is 5.96 Å². The van der Waals surface area contributed by atoms with Crippen molar-refractivity contribution in [1.29, 1.82) is 0 Å². The standard InChI is InChI=1S/C24H38N6O/c1-5-19(4)31-21-16-18(3)11-12-20(21)17-27-24(25-6-2)26-14-13-23-29-28-22-10-8-7-9-15-30(22)23/h11-12,16,19H,5-10,13-15,17H2,1-4H3,(H2,25,26,27). The fraction of sp³-hybridized carbons (Fsp3) is 0.625. The molecule has 170 valence electrons. The average Bonchev–Trinajstić information content (AvgIpc) is 2.99. The Labute approximate surface area is 186 Å². The van der Waals surface area contributed by atoms with Gasteiger partial charge in [-0.25, -0.2) is 4.99 Å². The quantitative estimate of drug-likeness (QED) is 0.471. The zero-order chi connectivity index (χ0) is 22.1. The van der Waals surface area contributed by atoms with Gasteiger partial charge in [-0.15, -0.1) is 10.2 Å². The molecule has 1 aliphatic rings. The van der Waals surface area contributed by atoms with Crippen molar-refractivity contribution in [2.24, 2.45) is 4.99 Å². The molecule has 1 unspecified atom stereocenters. The van der Waals surface area contributed by atoms with Crippen LogP contribution in [0.25, 0.3) is 0 Å². The molecular formula is C24H38N6O. The first-order chi connectivity index (χ1) is 15.1. The van der Waals surface area contributed by atoms with Crippen LogP contribution < -0.4 is 15.4 Å². The summed E-state index contributed by atoms with van der Waals surface area (Å²) in [5.74, 6) is 3.96. The number of hydrogen-bond donors (Lipinski definition) is 2. The second-order valence-corrected chi connectivity index (χ2v) is 8.31. The Balaban J connectivity index is 1.61. The molecule has 0 amide bonds. The van der Waals surface area contributed by atoms with Crippen LogP contribution in [0.15, 0.2) is 23.2 Å². The molecule has 0 radical (unpaired) electrons. The van der Waals surface area contributed by atoms with Crippen molar-refractivity contribution in [3.63, 3.8) is 0 Å². The van der Waals surface area contributed by atoms with Gasteiger partial charge in [-0.3, -0.25) is 0 Å². The third kappa shape index (κ3) is 6.71. The molecule has 1 atom stereocenters. The van der Waals surface area contributed by atoms with Crippen molar-refractivity contribution in [3.8, 4) is 5.75 Å².